The molecule has 7 nitrogen and oxygen atoms in total. The highest BCUT2D eigenvalue weighted by molar-refractivity contribution is 7.91. The van der Waals surface area contributed by atoms with Crippen molar-refractivity contribution in [3.8, 4) is 11.3 Å². The second-order valence-electron chi connectivity index (χ2n) is 8.74. The van der Waals surface area contributed by atoms with Crippen molar-refractivity contribution in [2.45, 2.75) is 38.8 Å². The Morgan fingerprint density at radius 1 is 1.17 bits per heavy atom. The molecule has 1 aromatic heterocycles. The van der Waals surface area contributed by atoms with Gasteiger partial charge in [0.25, 0.3) is 5.91 Å². The SMILES string of the molecule is CCC(C)N(C(=O)COC(=O)c1cc(-c2ccccc2Cl)nc2ccccc12)C1CCS(=O)(=O)C1. The van der Waals surface area contributed by atoms with E-state index >= 15 is 0 Å². The third kappa shape index (κ3) is 5.49. The van der Waals surface area contributed by atoms with Gasteiger partial charge in [0.15, 0.2) is 16.4 Å². The van der Waals surface area contributed by atoms with Crippen molar-refractivity contribution in [3.05, 3.63) is 65.2 Å². The van der Waals surface area contributed by atoms with Crippen LogP contribution < -0.4 is 0 Å². The topological polar surface area (TPSA) is 93.6 Å². The summed E-state index contributed by atoms with van der Waals surface area (Å²) < 4.78 is 29.4. The number of rotatable bonds is 7. The molecule has 2 heterocycles. The summed E-state index contributed by atoms with van der Waals surface area (Å²) in [5.74, 6) is -1.06. The molecule has 35 heavy (non-hydrogen) atoms. The molecule has 1 saturated heterocycles. The zero-order valence-corrected chi connectivity index (χ0v) is 21.2. The second kappa shape index (κ2) is 10.3. The first kappa shape index (κ1) is 25.1. The Bertz CT molecular complexity index is 1380. The molecule has 1 aliphatic heterocycles. The van der Waals surface area contributed by atoms with E-state index in [2.05, 4.69) is 4.98 Å². The Labute approximate surface area is 210 Å². The lowest BCUT2D eigenvalue weighted by atomic mass is 10.0. The number of carbonyl (C=O) groups excluding carboxylic acids is 2. The number of carbonyl (C=O) groups is 2. The third-order valence-corrected chi connectivity index (χ3v) is 8.45. The average molecular weight is 515 g/mol. The van der Waals surface area contributed by atoms with Crippen LogP contribution in [0.4, 0.5) is 0 Å². The molecule has 1 fully saturated rings. The summed E-state index contributed by atoms with van der Waals surface area (Å²) in [4.78, 5) is 32.5. The highest BCUT2D eigenvalue weighted by Gasteiger charge is 2.36. The van der Waals surface area contributed by atoms with E-state index in [1.165, 1.54) is 0 Å². The minimum atomic E-state index is -3.17. The van der Waals surface area contributed by atoms with Crippen molar-refractivity contribution in [2.75, 3.05) is 18.1 Å². The summed E-state index contributed by atoms with van der Waals surface area (Å²) in [5.41, 5.74) is 2.07. The van der Waals surface area contributed by atoms with Crippen LogP contribution in [0.5, 0.6) is 0 Å². The summed E-state index contributed by atoms with van der Waals surface area (Å²) in [6, 6.07) is 15.4. The zero-order valence-electron chi connectivity index (χ0n) is 19.6. The van der Waals surface area contributed by atoms with Gasteiger partial charge < -0.3 is 9.64 Å². The number of sulfone groups is 1. The molecule has 0 spiro atoms. The van der Waals surface area contributed by atoms with Crippen LogP contribution in [0.25, 0.3) is 22.2 Å². The van der Waals surface area contributed by atoms with Crippen LogP contribution in [-0.4, -0.2) is 60.4 Å². The molecule has 0 bridgehead atoms. The number of ether oxygens (including phenoxy) is 1. The van der Waals surface area contributed by atoms with Crippen molar-refractivity contribution in [1.82, 2.24) is 9.88 Å². The maximum atomic E-state index is 13.2. The Morgan fingerprint density at radius 3 is 2.57 bits per heavy atom. The molecular formula is C26H27ClN2O5S. The van der Waals surface area contributed by atoms with E-state index in [0.29, 0.717) is 40.0 Å². The summed E-state index contributed by atoms with van der Waals surface area (Å²) in [7, 11) is -3.17. The van der Waals surface area contributed by atoms with Gasteiger partial charge in [-0.25, -0.2) is 18.2 Å². The van der Waals surface area contributed by atoms with Crippen molar-refractivity contribution < 1.29 is 22.7 Å². The number of fused-ring (bicyclic) bond motifs is 1. The maximum Gasteiger partial charge on any atom is 0.339 e. The lowest BCUT2D eigenvalue weighted by Crippen LogP contribution is -2.48. The standard InChI is InChI=1S/C26H27ClN2O5S/c1-3-17(2)29(18-12-13-35(32,33)16-18)25(30)15-34-26(31)21-14-24(20-9-4-6-10-22(20)27)28-23-11-7-5-8-19(21)23/h4-11,14,17-18H,3,12-13,15-16H2,1-2H3. The van der Waals surface area contributed by atoms with Gasteiger partial charge in [-0.2, -0.15) is 0 Å². The Morgan fingerprint density at radius 2 is 1.89 bits per heavy atom. The molecule has 1 amide bonds. The first-order valence-corrected chi connectivity index (χ1v) is 13.7. The Balaban J connectivity index is 1.59. The van der Waals surface area contributed by atoms with Crippen LogP contribution in [0.15, 0.2) is 54.6 Å². The molecule has 0 N–H and O–H groups in total. The van der Waals surface area contributed by atoms with E-state index in [-0.39, 0.29) is 23.1 Å². The highest BCUT2D eigenvalue weighted by atomic mass is 35.5. The van der Waals surface area contributed by atoms with Crippen molar-refractivity contribution in [3.63, 3.8) is 0 Å². The number of benzene rings is 2. The van der Waals surface area contributed by atoms with Gasteiger partial charge in [-0.15, -0.1) is 0 Å². The molecule has 2 aromatic carbocycles. The van der Waals surface area contributed by atoms with Crippen molar-refractivity contribution >= 4 is 44.2 Å². The van der Waals surface area contributed by atoms with Crippen LogP contribution in [0, 0.1) is 0 Å². The molecule has 4 rings (SSSR count). The van der Waals surface area contributed by atoms with Crippen molar-refractivity contribution in [1.29, 1.82) is 0 Å². The predicted octanol–water partition coefficient (Wildman–Crippen LogP) is 4.53. The normalized spacial score (nSPS) is 17.7. The number of aromatic nitrogens is 1. The number of esters is 1. The monoisotopic (exact) mass is 514 g/mol. The minimum absolute atomic E-state index is 0.0610. The van der Waals surface area contributed by atoms with Crippen LogP contribution in [-0.2, 0) is 19.4 Å². The first-order valence-electron chi connectivity index (χ1n) is 11.5. The predicted molar refractivity (Wildman–Crippen MR) is 136 cm³/mol. The minimum Gasteiger partial charge on any atom is -0.452 e. The fraction of sp³-hybridized carbons (Fsp3) is 0.346. The molecule has 1 aliphatic rings. The van der Waals surface area contributed by atoms with Gasteiger partial charge in [0.05, 0.1) is 28.3 Å². The molecule has 0 aliphatic carbocycles. The zero-order chi connectivity index (χ0) is 25.2. The van der Waals surface area contributed by atoms with Gasteiger partial charge in [-0.3, -0.25) is 4.79 Å². The van der Waals surface area contributed by atoms with Crippen molar-refractivity contribution in [2.24, 2.45) is 0 Å². The van der Waals surface area contributed by atoms with Gasteiger partial charge in [0.2, 0.25) is 0 Å². The fourth-order valence-electron chi connectivity index (χ4n) is 4.43. The fourth-order valence-corrected chi connectivity index (χ4v) is 6.38. The van der Waals surface area contributed by atoms with Gasteiger partial charge in [-0.05, 0) is 38.0 Å². The molecule has 0 saturated carbocycles. The van der Waals surface area contributed by atoms with Gasteiger partial charge in [-0.1, -0.05) is 54.9 Å². The second-order valence-corrected chi connectivity index (χ2v) is 11.4. The van der Waals surface area contributed by atoms with E-state index < -0.39 is 34.4 Å². The number of halogens is 1. The van der Waals surface area contributed by atoms with E-state index in [0.717, 1.165) is 0 Å². The highest BCUT2D eigenvalue weighted by Crippen LogP contribution is 2.30. The molecule has 0 radical (unpaired) electrons. The summed E-state index contributed by atoms with van der Waals surface area (Å²) >= 11 is 6.36. The Kier molecular flexibility index (Phi) is 7.42. The molecular weight excluding hydrogens is 488 g/mol. The van der Waals surface area contributed by atoms with Gasteiger partial charge in [0, 0.05) is 28.1 Å². The molecule has 2 unspecified atom stereocenters. The van der Waals surface area contributed by atoms with Gasteiger partial charge >= 0.3 is 5.97 Å². The largest absolute Gasteiger partial charge is 0.452 e. The van der Waals surface area contributed by atoms with E-state index in [9.17, 15) is 18.0 Å². The van der Waals surface area contributed by atoms with Crippen LogP contribution in [0.1, 0.15) is 37.0 Å². The van der Waals surface area contributed by atoms with Crippen LogP contribution in [0.3, 0.4) is 0 Å². The molecule has 3 aromatic rings. The van der Waals surface area contributed by atoms with E-state index in [4.69, 9.17) is 16.3 Å². The lowest BCUT2D eigenvalue weighted by molar-refractivity contribution is -0.138. The number of nitrogens with zero attached hydrogens (tertiary/aromatic N) is 2. The lowest BCUT2D eigenvalue weighted by Gasteiger charge is -2.33. The van der Waals surface area contributed by atoms with Gasteiger partial charge in [0.1, 0.15) is 0 Å². The van der Waals surface area contributed by atoms with E-state index in [1.807, 2.05) is 38.1 Å². The molecule has 9 heteroatoms. The summed E-state index contributed by atoms with van der Waals surface area (Å²) in [6.45, 7) is 3.33. The maximum absolute atomic E-state index is 13.2. The van der Waals surface area contributed by atoms with Crippen LogP contribution in [0.2, 0.25) is 5.02 Å². The Hall–Kier alpha value is -2.97. The van der Waals surface area contributed by atoms with E-state index in [1.54, 1.807) is 35.2 Å². The smallest absolute Gasteiger partial charge is 0.339 e. The number of hydrogen-bond donors (Lipinski definition) is 0. The summed E-state index contributed by atoms with van der Waals surface area (Å²) in [6.07, 6.45) is 1.05. The number of pyridine rings is 1. The average Bonchev–Trinajstić information content (AvgIpc) is 3.20. The molecule has 184 valence electrons. The first-order chi connectivity index (χ1) is 16.7. The number of para-hydroxylation sites is 1. The molecule has 2 atom stereocenters. The number of hydrogen-bond acceptors (Lipinski definition) is 6. The number of amides is 1. The quantitative estimate of drug-likeness (QED) is 0.430. The summed E-state index contributed by atoms with van der Waals surface area (Å²) in [5, 5.41) is 1.10. The third-order valence-electron chi connectivity index (χ3n) is 6.37. The van der Waals surface area contributed by atoms with Crippen LogP contribution >= 0.6 is 11.6 Å².